The van der Waals surface area contributed by atoms with Gasteiger partial charge in [0, 0.05) is 63.3 Å². The van der Waals surface area contributed by atoms with Gasteiger partial charge >= 0.3 is 0 Å². The van der Waals surface area contributed by atoms with E-state index in [9.17, 15) is 5.11 Å². The molecule has 0 unspecified atom stereocenters. The third-order valence-corrected chi connectivity index (χ3v) is 6.88. The van der Waals surface area contributed by atoms with E-state index >= 15 is 0 Å². The lowest BCUT2D eigenvalue weighted by molar-refractivity contribution is -0.0000293. The molecule has 30 heavy (non-hydrogen) atoms. The van der Waals surface area contributed by atoms with Crippen molar-refractivity contribution in [3.8, 4) is 5.69 Å². The minimum atomic E-state index is 0.276. The molecule has 0 radical (unpaired) electrons. The standard InChI is InChI=1S/C24H37N5O/c1-20(2)27-13-8-22(9-14-27)28-16-15-26(19-24(28)10-17-30)18-21-4-6-23(7-5-21)29-12-3-11-25-29/h3-7,11-12,20,22,24,30H,8-10,13-19H2,1-2H3/t24-/m0/s1. The second-order valence-electron chi connectivity index (χ2n) is 9.12. The smallest absolute Gasteiger partial charge is 0.0645 e. The van der Waals surface area contributed by atoms with E-state index < -0.39 is 0 Å². The van der Waals surface area contributed by atoms with Crippen LogP contribution in [0.3, 0.4) is 0 Å². The Labute approximate surface area is 181 Å². The van der Waals surface area contributed by atoms with Crippen LogP contribution in [0.1, 0.15) is 38.7 Å². The summed E-state index contributed by atoms with van der Waals surface area (Å²) in [4.78, 5) is 7.87. The highest BCUT2D eigenvalue weighted by molar-refractivity contribution is 5.33. The molecule has 1 aromatic heterocycles. The van der Waals surface area contributed by atoms with E-state index in [4.69, 9.17) is 0 Å². The van der Waals surface area contributed by atoms with E-state index in [2.05, 4.69) is 57.9 Å². The van der Waals surface area contributed by atoms with E-state index in [-0.39, 0.29) is 6.61 Å². The summed E-state index contributed by atoms with van der Waals surface area (Å²) >= 11 is 0. The lowest BCUT2D eigenvalue weighted by Gasteiger charge is -2.48. The van der Waals surface area contributed by atoms with Gasteiger partial charge in [0.05, 0.1) is 5.69 Å². The van der Waals surface area contributed by atoms with Crippen molar-refractivity contribution in [1.29, 1.82) is 0 Å². The summed E-state index contributed by atoms with van der Waals surface area (Å²) in [6, 6.07) is 12.4. The van der Waals surface area contributed by atoms with Crippen molar-refractivity contribution in [1.82, 2.24) is 24.5 Å². The van der Waals surface area contributed by atoms with Crippen LogP contribution in [0.5, 0.6) is 0 Å². The molecule has 6 nitrogen and oxygen atoms in total. The lowest BCUT2D eigenvalue weighted by atomic mass is 9.97. The van der Waals surface area contributed by atoms with Gasteiger partial charge in [-0.05, 0) is 70.0 Å². The van der Waals surface area contributed by atoms with E-state index in [0.29, 0.717) is 18.1 Å². The SMILES string of the molecule is CC(C)N1CCC(N2CCN(Cc3ccc(-n4cccn4)cc3)C[C@@H]2CCO)CC1. The fourth-order valence-corrected chi connectivity index (χ4v) is 5.13. The molecule has 4 rings (SSSR count). The van der Waals surface area contributed by atoms with Gasteiger partial charge in [-0.2, -0.15) is 5.10 Å². The summed E-state index contributed by atoms with van der Waals surface area (Å²) < 4.78 is 1.89. The largest absolute Gasteiger partial charge is 0.396 e. The van der Waals surface area contributed by atoms with Gasteiger partial charge in [-0.3, -0.25) is 9.80 Å². The first kappa shape index (κ1) is 21.5. The van der Waals surface area contributed by atoms with Crippen LogP contribution in [-0.4, -0.2) is 87.0 Å². The zero-order valence-electron chi connectivity index (χ0n) is 18.5. The third-order valence-electron chi connectivity index (χ3n) is 6.88. The Morgan fingerprint density at radius 1 is 1.07 bits per heavy atom. The topological polar surface area (TPSA) is 47.8 Å². The van der Waals surface area contributed by atoms with E-state index in [1.165, 1.54) is 31.5 Å². The molecule has 1 N–H and O–H groups in total. The molecule has 2 aliphatic heterocycles. The summed E-state index contributed by atoms with van der Waals surface area (Å²) in [5, 5.41) is 14.0. The highest BCUT2D eigenvalue weighted by atomic mass is 16.3. The average Bonchev–Trinajstić information content (AvgIpc) is 3.30. The molecule has 0 bridgehead atoms. The molecule has 2 saturated heterocycles. The van der Waals surface area contributed by atoms with Crippen LogP contribution >= 0.6 is 0 Å². The predicted octanol–water partition coefficient (Wildman–Crippen LogP) is 2.61. The van der Waals surface area contributed by atoms with Gasteiger partial charge in [0.1, 0.15) is 0 Å². The monoisotopic (exact) mass is 411 g/mol. The van der Waals surface area contributed by atoms with Gasteiger partial charge in [0.25, 0.3) is 0 Å². The maximum atomic E-state index is 9.68. The van der Waals surface area contributed by atoms with Crippen LogP contribution in [0.2, 0.25) is 0 Å². The number of piperazine rings is 1. The maximum absolute atomic E-state index is 9.68. The van der Waals surface area contributed by atoms with Gasteiger partial charge in [-0.1, -0.05) is 12.1 Å². The molecule has 0 amide bonds. The molecule has 1 aromatic carbocycles. The minimum absolute atomic E-state index is 0.276. The quantitative estimate of drug-likeness (QED) is 0.759. The molecule has 2 aromatic rings. The number of piperidine rings is 1. The fraction of sp³-hybridized carbons (Fsp3) is 0.625. The van der Waals surface area contributed by atoms with Gasteiger partial charge in [-0.15, -0.1) is 0 Å². The van der Waals surface area contributed by atoms with Crippen molar-refractivity contribution in [2.24, 2.45) is 0 Å². The van der Waals surface area contributed by atoms with Crippen molar-refractivity contribution in [2.45, 2.75) is 57.8 Å². The molecule has 0 aliphatic carbocycles. The summed E-state index contributed by atoms with van der Waals surface area (Å²) in [6.07, 6.45) is 7.17. The first-order valence-electron chi connectivity index (χ1n) is 11.6. The van der Waals surface area contributed by atoms with Crippen molar-refractivity contribution >= 4 is 0 Å². The Morgan fingerprint density at radius 2 is 1.83 bits per heavy atom. The van der Waals surface area contributed by atoms with Crippen LogP contribution in [0.4, 0.5) is 0 Å². The Hall–Kier alpha value is -1.73. The zero-order chi connectivity index (χ0) is 20.9. The van der Waals surface area contributed by atoms with Crippen molar-refractivity contribution in [3.05, 3.63) is 48.3 Å². The van der Waals surface area contributed by atoms with Crippen LogP contribution in [0.15, 0.2) is 42.7 Å². The fourth-order valence-electron chi connectivity index (χ4n) is 5.13. The van der Waals surface area contributed by atoms with Crippen LogP contribution in [-0.2, 0) is 6.54 Å². The number of aliphatic hydroxyl groups is 1. The number of hydrogen-bond acceptors (Lipinski definition) is 5. The highest BCUT2D eigenvalue weighted by Gasteiger charge is 2.33. The molecule has 0 saturated carbocycles. The number of benzene rings is 1. The molecule has 3 heterocycles. The number of aliphatic hydroxyl groups excluding tert-OH is 1. The summed E-state index contributed by atoms with van der Waals surface area (Å²) in [5.74, 6) is 0. The summed E-state index contributed by atoms with van der Waals surface area (Å²) in [6.45, 7) is 11.5. The van der Waals surface area contributed by atoms with E-state index in [0.717, 1.165) is 38.3 Å². The number of aromatic nitrogens is 2. The van der Waals surface area contributed by atoms with Crippen LogP contribution in [0.25, 0.3) is 5.69 Å². The molecule has 0 spiro atoms. The number of likely N-dealkylation sites (tertiary alicyclic amines) is 1. The zero-order valence-corrected chi connectivity index (χ0v) is 18.5. The van der Waals surface area contributed by atoms with Gasteiger partial charge < -0.3 is 10.0 Å². The first-order valence-corrected chi connectivity index (χ1v) is 11.6. The molecular formula is C24H37N5O. The van der Waals surface area contributed by atoms with Crippen molar-refractivity contribution < 1.29 is 5.11 Å². The second kappa shape index (κ2) is 10.1. The summed E-state index contributed by atoms with van der Waals surface area (Å²) in [7, 11) is 0. The van der Waals surface area contributed by atoms with Crippen LogP contribution < -0.4 is 0 Å². The van der Waals surface area contributed by atoms with E-state index in [1.807, 2.05) is 16.9 Å². The predicted molar refractivity (Wildman–Crippen MR) is 121 cm³/mol. The number of nitrogens with zero attached hydrogens (tertiary/aromatic N) is 5. The Morgan fingerprint density at radius 3 is 2.47 bits per heavy atom. The minimum Gasteiger partial charge on any atom is -0.396 e. The van der Waals surface area contributed by atoms with Gasteiger partial charge in [0.15, 0.2) is 0 Å². The molecular weight excluding hydrogens is 374 g/mol. The Bertz CT molecular complexity index is 752. The molecule has 6 heteroatoms. The van der Waals surface area contributed by atoms with Crippen molar-refractivity contribution in [3.63, 3.8) is 0 Å². The van der Waals surface area contributed by atoms with Gasteiger partial charge in [-0.25, -0.2) is 4.68 Å². The van der Waals surface area contributed by atoms with Crippen molar-refractivity contribution in [2.75, 3.05) is 39.3 Å². The maximum Gasteiger partial charge on any atom is 0.0645 e. The second-order valence-corrected chi connectivity index (χ2v) is 9.12. The normalized spacial score (nSPS) is 22.7. The average molecular weight is 412 g/mol. The number of rotatable bonds is 7. The van der Waals surface area contributed by atoms with Crippen LogP contribution in [0, 0.1) is 0 Å². The lowest BCUT2D eigenvalue weighted by Crippen LogP contribution is -2.58. The Kier molecular flexibility index (Phi) is 7.20. The third kappa shape index (κ3) is 5.11. The summed E-state index contributed by atoms with van der Waals surface area (Å²) in [5.41, 5.74) is 2.44. The first-order chi connectivity index (χ1) is 14.6. The number of hydrogen-bond donors (Lipinski definition) is 1. The van der Waals surface area contributed by atoms with Gasteiger partial charge in [0.2, 0.25) is 0 Å². The molecule has 1 atom stereocenters. The molecule has 164 valence electrons. The molecule has 2 fully saturated rings. The van der Waals surface area contributed by atoms with E-state index in [1.54, 1.807) is 6.20 Å². The highest BCUT2D eigenvalue weighted by Crippen LogP contribution is 2.25. The molecule has 2 aliphatic rings. The Balaban J connectivity index is 1.34.